The van der Waals surface area contributed by atoms with Gasteiger partial charge < -0.3 is 0 Å². The molecule has 1 heteroatoms. The van der Waals surface area contributed by atoms with Crippen LogP contribution in [0.1, 0.15) is 61.5 Å². The zero-order valence-corrected chi connectivity index (χ0v) is 10.7. The standard InChI is InChI=1S/C14H24N/c1-10(2)13-8-12(14(4,5)6)11(3)9-15(13)7/h8-10H,1-7H3/q+1/i3D3. The van der Waals surface area contributed by atoms with Crippen LogP contribution < -0.4 is 4.57 Å². The molecule has 1 aromatic rings. The van der Waals surface area contributed by atoms with Gasteiger partial charge in [-0.3, -0.25) is 0 Å². The second-order valence-corrected chi connectivity index (χ2v) is 5.54. The number of hydrogen-bond acceptors (Lipinski definition) is 0. The topological polar surface area (TPSA) is 3.88 Å². The van der Waals surface area contributed by atoms with Crippen LogP contribution in [0.25, 0.3) is 0 Å². The van der Waals surface area contributed by atoms with Gasteiger partial charge in [0, 0.05) is 21.7 Å². The minimum Gasteiger partial charge on any atom is -0.205 e. The van der Waals surface area contributed by atoms with Crippen LogP contribution in [-0.4, -0.2) is 0 Å². The summed E-state index contributed by atoms with van der Waals surface area (Å²) in [4.78, 5) is 0. The molecule has 0 radical (unpaired) electrons. The van der Waals surface area contributed by atoms with Crippen molar-refractivity contribution in [3.8, 4) is 0 Å². The molecule has 1 heterocycles. The number of hydrogen-bond donors (Lipinski definition) is 0. The molecule has 0 amide bonds. The van der Waals surface area contributed by atoms with E-state index in [1.165, 1.54) is 0 Å². The second kappa shape index (κ2) is 3.96. The Bertz CT molecular complexity index is 440. The van der Waals surface area contributed by atoms with Crippen molar-refractivity contribution in [2.45, 2.75) is 52.8 Å². The summed E-state index contributed by atoms with van der Waals surface area (Å²) in [6, 6.07) is 2.05. The van der Waals surface area contributed by atoms with E-state index in [9.17, 15) is 0 Å². The predicted molar refractivity (Wildman–Crippen MR) is 65.1 cm³/mol. The van der Waals surface area contributed by atoms with Gasteiger partial charge in [-0.2, -0.15) is 0 Å². The van der Waals surface area contributed by atoms with E-state index in [1.54, 1.807) is 6.20 Å². The lowest BCUT2D eigenvalue weighted by Crippen LogP contribution is -2.36. The van der Waals surface area contributed by atoms with E-state index in [2.05, 4.69) is 34.6 Å². The molecule has 0 spiro atoms. The van der Waals surface area contributed by atoms with Gasteiger partial charge in [0.2, 0.25) is 0 Å². The van der Waals surface area contributed by atoms with Crippen LogP contribution in [0.5, 0.6) is 0 Å². The molecule has 0 fully saturated rings. The van der Waals surface area contributed by atoms with Gasteiger partial charge in [-0.05, 0) is 17.8 Å². The maximum Gasteiger partial charge on any atom is 0.183 e. The van der Waals surface area contributed by atoms with Crippen LogP contribution in [0.2, 0.25) is 0 Å². The van der Waals surface area contributed by atoms with E-state index in [-0.39, 0.29) is 5.41 Å². The van der Waals surface area contributed by atoms with Gasteiger partial charge >= 0.3 is 0 Å². The number of nitrogens with zero attached hydrogens (tertiary/aromatic N) is 1. The van der Waals surface area contributed by atoms with Crippen LogP contribution in [-0.2, 0) is 12.5 Å². The lowest BCUT2D eigenvalue weighted by Gasteiger charge is -2.21. The maximum absolute atomic E-state index is 7.69. The fraction of sp³-hybridized carbons (Fsp3) is 0.643. The fourth-order valence-electron chi connectivity index (χ4n) is 1.86. The average molecular weight is 209 g/mol. The number of rotatable bonds is 1. The molecule has 0 atom stereocenters. The highest BCUT2D eigenvalue weighted by Crippen LogP contribution is 2.26. The van der Waals surface area contributed by atoms with Gasteiger partial charge in [0.1, 0.15) is 7.05 Å². The zero-order valence-electron chi connectivity index (χ0n) is 13.7. The first-order chi connectivity index (χ1) is 7.94. The molecular formula is C14H24N+. The van der Waals surface area contributed by atoms with Gasteiger partial charge in [0.25, 0.3) is 0 Å². The molecule has 0 aliphatic heterocycles. The van der Waals surface area contributed by atoms with E-state index in [0.29, 0.717) is 11.5 Å². The lowest BCUT2D eigenvalue weighted by molar-refractivity contribution is -0.680. The third-order valence-corrected chi connectivity index (χ3v) is 2.71. The SMILES string of the molecule is [2H]C([2H])([2H])c1c[n+](C)c(C(C)C)cc1C(C)(C)C. The van der Waals surface area contributed by atoms with Crippen LogP contribution in [0.4, 0.5) is 0 Å². The van der Waals surface area contributed by atoms with E-state index in [0.717, 1.165) is 11.3 Å². The highest BCUT2D eigenvalue weighted by atomic mass is 14.9. The number of aromatic nitrogens is 1. The van der Waals surface area contributed by atoms with Crippen molar-refractivity contribution in [2.75, 3.05) is 0 Å². The van der Waals surface area contributed by atoms with Crippen molar-refractivity contribution in [2.24, 2.45) is 7.05 Å². The monoisotopic (exact) mass is 209 g/mol. The van der Waals surface area contributed by atoms with Crippen molar-refractivity contribution >= 4 is 0 Å². The van der Waals surface area contributed by atoms with Crippen molar-refractivity contribution in [3.63, 3.8) is 0 Å². The third-order valence-electron chi connectivity index (χ3n) is 2.71. The van der Waals surface area contributed by atoms with Gasteiger partial charge in [-0.25, -0.2) is 4.57 Å². The molecule has 0 N–H and O–H groups in total. The summed E-state index contributed by atoms with van der Waals surface area (Å²) in [6.07, 6.45) is 1.77. The van der Waals surface area contributed by atoms with Crippen molar-refractivity contribution in [1.29, 1.82) is 0 Å². The van der Waals surface area contributed by atoms with Crippen molar-refractivity contribution in [3.05, 3.63) is 29.1 Å². The minimum absolute atomic E-state index is 0.165. The van der Waals surface area contributed by atoms with Crippen LogP contribution in [0.3, 0.4) is 0 Å². The minimum atomic E-state index is -2.06. The van der Waals surface area contributed by atoms with Crippen LogP contribution in [0.15, 0.2) is 12.3 Å². The lowest BCUT2D eigenvalue weighted by atomic mass is 9.84. The van der Waals surface area contributed by atoms with Gasteiger partial charge in [0.15, 0.2) is 11.9 Å². The third kappa shape index (κ3) is 2.58. The van der Waals surface area contributed by atoms with E-state index < -0.39 is 6.85 Å². The van der Waals surface area contributed by atoms with Crippen LogP contribution >= 0.6 is 0 Å². The Balaban J connectivity index is 3.58. The molecule has 1 aromatic heterocycles. The second-order valence-electron chi connectivity index (χ2n) is 5.54. The van der Waals surface area contributed by atoms with Gasteiger partial charge in [-0.15, -0.1) is 0 Å². The number of pyridine rings is 1. The summed E-state index contributed by atoms with van der Waals surface area (Å²) in [5, 5.41) is 0. The summed E-state index contributed by atoms with van der Waals surface area (Å²) in [7, 11) is 1.91. The molecule has 0 unspecified atom stereocenters. The smallest absolute Gasteiger partial charge is 0.183 e. The first-order valence-electron chi connectivity index (χ1n) is 6.99. The summed E-state index contributed by atoms with van der Waals surface area (Å²) < 4.78 is 25.0. The van der Waals surface area contributed by atoms with Crippen molar-refractivity contribution in [1.82, 2.24) is 0 Å². The molecule has 15 heavy (non-hydrogen) atoms. The molecule has 0 aromatic carbocycles. The Morgan fingerprint density at radius 3 is 2.33 bits per heavy atom. The summed E-state index contributed by atoms with van der Waals surface area (Å²) in [5.74, 6) is 0.377. The van der Waals surface area contributed by atoms with Gasteiger partial charge in [0.05, 0.1) is 0 Å². The molecule has 0 saturated heterocycles. The number of aryl methyl sites for hydroxylation is 2. The summed E-state index contributed by atoms with van der Waals surface area (Å²) in [6.45, 7) is 8.36. The first kappa shape index (κ1) is 8.32. The normalized spacial score (nSPS) is 16.1. The summed E-state index contributed by atoms with van der Waals surface area (Å²) in [5.41, 5.74) is 2.38. The van der Waals surface area contributed by atoms with Crippen LogP contribution in [0, 0.1) is 6.85 Å². The Morgan fingerprint density at radius 1 is 1.33 bits per heavy atom. The highest BCUT2D eigenvalue weighted by molar-refractivity contribution is 5.30. The Morgan fingerprint density at radius 2 is 1.93 bits per heavy atom. The zero-order chi connectivity index (χ0) is 14.3. The Hall–Kier alpha value is -0.850. The van der Waals surface area contributed by atoms with E-state index in [1.807, 2.05) is 17.7 Å². The summed E-state index contributed by atoms with van der Waals surface area (Å²) >= 11 is 0. The molecule has 1 rings (SSSR count). The van der Waals surface area contributed by atoms with Gasteiger partial charge in [-0.1, -0.05) is 34.6 Å². The molecular weight excluding hydrogens is 182 g/mol. The molecule has 1 nitrogen and oxygen atoms in total. The molecule has 0 aliphatic rings. The molecule has 0 aliphatic carbocycles. The van der Waals surface area contributed by atoms with E-state index in [4.69, 9.17) is 4.11 Å². The predicted octanol–water partition coefficient (Wildman–Crippen LogP) is 3.24. The fourth-order valence-corrected chi connectivity index (χ4v) is 1.86. The molecule has 0 bridgehead atoms. The molecule has 84 valence electrons. The van der Waals surface area contributed by atoms with E-state index >= 15 is 0 Å². The largest absolute Gasteiger partial charge is 0.205 e. The quantitative estimate of drug-likeness (QED) is 0.625. The Labute approximate surface area is 98.4 Å². The van der Waals surface area contributed by atoms with Crippen molar-refractivity contribution < 1.29 is 8.68 Å². The highest BCUT2D eigenvalue weighted by Gasteiger charge is 2.22. The first-order valence-corrected chi connectivity index (χ1v) is 5.49. The maximum atomic E-state index is 7.69. The molecule has 0 saturated carbocycles. The Kier molecular flexibility index (Phi) is 2.19. The average Bonchev–Trinajstić information content (AvgIpc) is 2.13.